The summed E-state index contributed by atoms with van der Waals surface area (Å²) in [6, 6.07) is 19.3. The molecule has 0 saturated carbocycles. The van der Waals surface area contributed by atoms with Gasteiger partial charge in [0.05, 0.1) is 0 Å². The molecule has 29 heavy (non-hydrogen) atoms. The van der Waals surface area contributed by atoms with Crippen molar-refractivity contribution in [2.45, 2.75) is 26.7 Å². The zero-order valence-electron chi connectivity index (χ0n) is 16.5. The average molecular weight is 467 g/mol. The van der Waals surface area contributed by atoms with Crippen LogP contribution in [0.1, 0.15) is 30.5 Å². The van der Waals surface area contributed by atoms with Gasteiger partial charge in [0.15, 0.2) is 17.4 Å². The molecule has 0 aliphatic rings. The minimum absolute atomic E-state index is 0.127. The van der Waals surface area contributed by atoms with Crippen molar-refractivity contribution in [1.29, 1.82) is 0 Å². The largest absolute Gasteiger partial charge is 0.867 e. The number of halogens is 1. The first kappa shape index (κ1) is 21.2. The quantitative estimate of drug-likeness (QED) is 0.240. The van der Waals surface area contributed by atoms with Crippen molar-refractivity contribution in [3.05, 3.63) is 94.2 Å². The second-order valence-electron chi connectivity index (χ2n) is 6.58. The van der Waals surface area contributed by atoms with Gasteiger partial charge in [0, 0.05) is 22.3 Å². The van der Waals surface area contributed by atoms with Crippen molar-refractivity contribution in [3.63, 3.8) is 0 Å². The Kier molecular flexibility index (Phi) is 7.18. The summed E-state index contributed by atoms with van der Waals surface area (Å²) in [5, 5.41) is 16.8. The van der Waals surface area contributed by atoms with Crippen LogP contribution >= 0.6 is 28.1 Å². The van der Waals surface area contributed by atoms with E-state index in [0.29, 0.717) is 16.2 Å². The van der Waals surface area contributed by atoms with Crippen LogP contribution in [0.5, 0.6) is 0 Å². The Bertz CT molecular complexity index is 1010. The molecule has 0 aliphatic carbocycles. The molecule has 2 aromatic carbocycles. The summed E-state index contributed by atoms with van der Waals surface area (Å²) in [6.45, 7) is 4.24. The Morgan fingerprint density at radius 3 is 2.07 bits per heavy atom. The number of aromatic nitrogens is 1. The molecular formula is C24H23BrN2OS. The summed E-state index contributed by atoms with van der Waals surface area (Å²) >= 11 is 9.18. The van der Waals surface area contributed by atoms with Crippen molar-refractivity contribution in [2.75, 3.05) is 5.32 Å². The minimum atomic E-state index is -0.127. The molecule has 1 heterocycles. The van der Waals surface area contributed by atoms with Gasteiger partial charge in [0.25, 0.3) is 0 Å². The molecule has 1 aromatic heterocycles. The molecule has 3 rings (SSSR count). The summed E-state index contributed by atoms with van der Waals surface area (Å²) in [6.07, 6.45) is 5.44. The van der Waals surface area contributed by atoms with Crippen LogP contribution in [0, 0.1) is 0 Å². The van der Waals surface area contributed by atoms with Gasteiger partial charge in [-0.3, -0.25) is 0 Å². The van der Waals surface area contributed by atoms with E-state index in [1.807, 2.05) is 42.7 Å². The number of hydrogen-bond acceptors (Lipinski definition) is 2. The number of para-hydroxylation sites is 1. The van der Waals surface area contributed by atoms with Gasteiger partial charge in [-0.15, -0.1) is 0 Å². The second kappa shape index (κ2) is 9.81. The van der Waals surface area contributed by atoms with Gasteiger partial charge in [0.2, 0.25) is 5.70 Å². The highest BCUT2D eigenvalue weighted by Crippen LogP contribution is 2.25. The summed E-state index contributed by atoms with van der Waals surface area (Å²) in [7, 11) is 0. The van der Waals surface area contributed by atoms with Crippen molar-refractivity contribution in [2.24, 2.45) is 0 Å². The molecule has 0 amide bonds. The third kappa shape index (κ3) is 4.92. The molecule has 5 heteroatoms. The molecule has 1 N–H and O–H groups in total. The summed E-state index contributed by atoms with van der Waals surface area (Å²) < 4.78 is 2.70. The SMILES string of the molecule is CCc1cccc(CC)c1NC(=S)/C(=C(\[O-])c1ccc(Br)cc1)[n+]1ccccc1. The molecular weight excluding hydrogens is 444 g/mol. The first-order chi connectivity index (χ1) is 14.0. The van der Waals surface area contributed by atoms with E-state index in [9.17, 15) is 5.11 Å². The highest BCUT2D eigenvalue weighted by molar-refractivity contribution is 9.10. The number of rotatable bonds is 6. The maximum atomic E-state index is 13.4. The lowest BCUT2D eigenvalue weighted by Crippen LogP contribution is -2.40. The molecule has 0 radical (unpaired) electrons. The van der Waals surface area contributed by atoms with E-state index in [1.165, 1.54) is 11.1 Å². The predicted octanol–water partition coefficient (Wildman–Crippen LogP) is 4.99. The number of thiocarbonyl (C=S) groups is 1. The number of pyridine rings is 1. The van der Waals surface area contributed by atoms with Gasteiger partial charge < -0.3 is 10.4 Å². The predicted molar refractivity (Wildman–Crippen MR) is 125 cm³/mol. The fourth-order valence-electron chi connectivity index (χ4n) is 3.20. The van der Waals surface area contributed by atoms with Crippen LogP contribution in [-0.2, 0) is 12.8 Å². The van der Waals surface area contributed by atoms with Crippen molar-refractivity contribution >= 4 is 50.3 Å². The first-order valence-corrected chi connectivity index (χ1v) is 10.8. The van der Waals surface area contributed by atoms with E-state index >= 15 is 0 Å². The van der Waals surface area contributed by atoms with E-state index in [2.05, 4.69) is 53.3 Å². The van der Waals surface area contributed by atoms with E-state index in [-0.39, 0.29) is 5.76 Å². The number of aryl methyl sites for hydroxylation is 2. The Morgan fingerprint density at radius 2 is 1.52 bits per heavy atom. The Balaban J connectivity index is 2.10. The van der Waals surface area contributed by atoms with E-state index in [1.54, 1.807) is 16.7 Å². The zero-order valence-corrected chi connectivity index (χ0v) is 18.9. The maximum absolute atomic E-state index is 13.4. The molecule has 0 atom stereocenters. The van der Waals surface area contributed by atoms with Crippen LogP contribution in [0.2, 0.25) is 0 Å². The third-order valence-electron chi connectivity index (χ3n) is 4.75. The van der Waals surface area contributed by atoms with Gasteiger partial charge in [-0.1, -0.05) is 78.4 Å². The number of anilines is 1. The standard InChI is InChI=1S/C24H23BrN2OS/c1-3-17-9-8-10-18(4-2)21(17)26-24(29)22(27-15-6-5-7-16-27)23(28)19-11-13-20(25)14-12-19/h5-16H,3-4H2,1-2H3,(H-,26,28,29). The lowest BCUT2D eigenvalue weighted by molar-refractivity contribution is -0.577. The summed E-state index contributed by atoms with van der Waals surface area (Å²) in [5.41, 5.74) is 4.37. The molecule has 0 spiro atoms. The van der Waals surface area contributed by atoms with E-state index in [4.69, 9.17) is 12.2 Å². The molecule has 0 aliphatic heterocycles. The van der Waals surface area contributed by atoms with E-state index < -0.39 is 0 Å². The van der Waals surface area contributed by atoms with Gasteiger partial charge in [-0.2, -0.15) is 4.57 Å². The molecule has 3 nitrogen and oxygen atoms in total. The number of benzene rings is 2. The zero-order chi connectivity index (χ0) is 20.8. The van der Waals surface area contributed by atoms with Gasteiger partial charge in [-0.05, 0) is 47.4 Å². The van der Waals surface area contributed by atoms with E-state index in [0.717, 1.165) is 23.0 Å². The second-order valence-corrected chi connectivity index (χ2v) is 7.90. The minimum Gasteiger partial charge on any atom is -0.867 e. The van der Waals surface area contributed by atoms with Gasteiger partial charge in [0.1, 0.15) is 0 Å². The van der Waals surface area contributed by atoms with Crippen LogP contribution in [0.15, 0.2) is 77.5 Å². The Labute approximate surface area is 185 Å². The monoisotopic (exact) mass is 466 g/mol. The van der Waals surface area contributed by atoms with Gasteiger partial charge >= 0.3 is 0 Å². The Morgan fingerprint density at radius 1 is 0.931 bits per heavy atom. The molecule has 0 unspecified atom stereocenters. The summed E-state index contributed by atoms with van der Waals surface area (Å²) in [5.74, 6) is -0.127. The molecule has 148 valence electrons. The fourth-order valence-corrected chi connectivity index (χ4v) is 3.76. The number of nitrogens with zero attached hydrogens (tertiary/aromatic N) is 1. The number of nitrogens with one attached hydrogen (secondary N) is 1. The summed E-state index contributed by atoms with van der Waals surface area (Å²) in [4.78, 5) is 0.407. The average Bonchev–Trinajstić information content (AvgIpc) is 2.75. The molecule has 0 saturated heterocycles. The lowest BCUT2D eigenvalue weighted by atomic mass is 10.0. The smallest absolute Gasteiger partial charge is 0.238 e. The maximum Gasteiger partial charge on any atom is 0.238 e. The molecule has 0 fully saturated rings. The van der Waals surface area contributed by atoms with Crippen LogP contribution in [0.4, 0.5) is 5.69 Å². The van der Waals surface area contributed by atoms with Crippen LogP contribution in [0.3, 0.4) is 0 Å². The van der Waals surface area contributed by atoms with Crippen molar-refractivity contribution in [3.8, 4) is 0 Å². The molecule has 3 aromatic rings. The fraction of sp³-hybridized carbons (Fsp3) is 0.167. The third-order valence-corrected chi connectivity index (χ3v) is 5.57. The van der Waals surface area contributed by atoms with Gasteiger partial charge in [-0.25, -0.2) is 0 Å². The van der Waals surface area contributed by atoms with Crippen LogP contribution in [-0.4, -0.2) is 4.99 Å². The van der Waals surface area contributed by atoms with Crippen molar-refractivity contribution < 1.29 is 9.67 Å². The van der Waals surface area contributed by atoms with Crippen LogP contribution in [0.25, 0.3) is 11.5 Å². The molecule has 0 bridgehead atoms. The first-order valence-electron chi connectivity index (χ1n) is 9.61. The highest BCUT2D eigenvalue weighted by Gasteiger charge is 2.20. The highest BCUT2D eigenvalue weighted by atomic mass is 79.9. The van der Waals surface area contributed by atoms with Crippen molar-refractivity contribution in [1.82, 2.24) is 0 Å². The topological polar surface area (TPSA) is 39.0 Å². The Hall–Kier alpha value is -2.50. The normalized spacial score (nSPS) is 11.7. The lowest BCUT2D eigenvalue weighted by Gasteiger charge is -2.19. The van der Waals surface area contributed by atoms with Crippen LogP contribution < -0.4 is 15.0 Å². The number of hydrogen-bond donors (Lipinski definition) is 1.